The monoisotopic (exact) mass is 404 g/mol. The number of nitrogens with one attached hydrogen (secondary N) is 2. The third-order valence-electron chi connectivity index (χ3n) is 8.21. The summed E-state index contributed by atoms with van der Waals surface area (Å²) in [6.45, 7) is 1.82. The highest BCUT2D eigenvalue weighted by molar-refractivity contribution is 6.07. The lowest BCUT2D eigenvalue weighted by Crippen LogP contribution is -2.50. The standard InChI is InChI=1S/C23H40N4O2/c1-26-21(29)23(25-22(26)24,12-10-17-6-3-2-4-7-17)15-18-8-5-9-19(14-18)27-13-11-20(28)16-27/h17-20,28H,2-16H2,1H3,(H2,24,25)/t18?,19-,20-,23-/m1/s1. The summed E-state index contributed by atoms with van der Waals surface area (Å²) in [6, 6.07) is 0.551. The largest absolute Gasteiger partial charge is 0.392 e. The lowest BCUT2D eigenvalue weighted by molar-refractivity contribution is -0.131. The second-order valence-electron chi connectivity index (χ2n) is 10.3. The van der Waals surface area contributed by atoms with E-state index in [1.54, 1.807) is 7.05 Å². The zero-order valence-electron chi connectivity index (χ0n) is 18.2. The van der Waals surface area contributed by atoms with Crippen LogP contribution in [0.2, 0.25) is 0 Å². The number of carbonyl (C=O) groups excluding carboxylic acids is 1. The summed E-state index contributed by atoms with van der Waals surface area (Å²) in [6.07, 6.45) is 15.0. The molecule has 2 aliphatic carbocycles. The Morgan fingerprint density at radius 2 is 1.86 bits per heavy atom. The van der Waals surface area contributed by atoms with Gasteiger partial charge in [0, 0.05) is 26.2 Å². The fraction of sp³-hybridized carbons (Fsp3) is 0.913. The molecule has 1 amide bonds. The summed E-state index contributed by atoms with van der Waals surface area (Å²) in [5, 5.41) is 21.5. The Kier molecular flexibility index (Phi) is 6.50. The molecule has 1 unspecified atom stereocenters. The third kappa shape index (κ3) is 4.63. The van der Waals surface area contributed by atoms with Crippen molar-refractivity contribution in [3.05, 3.63) is 0 Å². The van der Waals surface area contributed by atoms with Gasteiger partial charge in [-0.1, -0.05) is 44.9 Å². The molecule has 0 radical (unpaired) electrons. The van der Waals surface area contributed by atoms with E-state index < -0.39 is 5.54 Å². The molecule has 2 aliphatic heterocycles. The van der Waals surface area contributed by atoms with E-state index >= 15 is 0 Å². The maximum atomic E-state index is 13.2. The molecule has 0 aromatic heterocycles. The smallest absolute Gasteiger partial charge is 0.254 e. The molecule has 29 heavy (non-hydrogen) atoms. The van der Waals surface area contributed by atoms with Crippen LogP contribution in [-0.2, 0) is 4.79 Å². The Morgan fingerprint density at radius 3 is 2.52 bits per heavy atom. The van der Waals surface area contributed by atoms with Crippen molar-refractivity contribution in [2.45, 2.75) is 101 Å². The van der Waals surface area contributed by atoms with Crippen molar-refractivity contribution in [3.8, 4) is 0 Å². The maximum absolute atomic E-state index is 13.2. The lowest BCUT2D eigenvalue weighted by Gasteiger charge is -2.39. The Labute approximate surface area is 175 Å². The second kappa shape index (κ2) is 8.93. The lowest BCUT2D eigenvalue weighted by atomic mass is 9.74. The van der Waals surface area contributed by atoms with E-state index in [0.717, 1.165) is 51.1 Å². The van der Waals surface area contributed by atoms with Gasteiger partial charge in [-0.05, 0) is 50.4 Å². The van der Waals surface area contributed by atoms with Gasteiger partial charge in [0.15, 0.2) is 5.96 Å². The molecule has 0 bridgehead atoms. The molecule has 164 valence electrons. The molecule has 3 N–H and O–H groups in total. The molecular formula is C23H40N4O2. The maximum Gasteiger partial charge on any atom is 0.254 e. The number of likely N-dealkylation sites (tertiary alicyclic amines) is 1. The first-order valence-electron chi connectivity index (χ1n) is 12.0. The summed E-state index contributed by atoms with van der Waals surface area (Å²) < 4.78 is 0. The number of hydrogen-bond acceptors (Lipinski definition) is 4. The average Bonchev–Trinajstić information content (AvgIpc) is 3.25. The van der Waals surface area contributed by atoms with Crippen LogP contribution in [0.1, 0.15) is 83.5 Å². The van der Waals surface area contributed by atoms with Crippen LogP contribution in [0.25, 0.3) is 0 Å². The first-order valence-corrected chi connectivity index (χ1v) is 12.0. The van der Waals surface area contributed by atoms with E-state index in [9.17, 15) is 9.90 Å². The topological polar surface area (TPSA) is 79.7 Å². The average molecular weight is 405 g/mol. The molecule has 6 nitrogen and oxygen atoms in total. The molecule has 6 heteroatoms. The van der Waals surface area contributed by atoms with Gasteiger partial charge in [0.2, 0.25) is 0 Å². The number of nitrogens with zero attached hydrogens (tertiary/aromatic N) is 2. The number of amides is 1. The van der Waals surface area contributed by atoms with Crippen LogP contribution < -0.4 is 5.32 Å². The fourth-order valence-electron chi connectivity index (χ4n) is 6.49. The number of aliphatic hydroxyl groups excluding tert-OH is 1. The van der Waals surface area contributed by atoms with Crippen molar-refractivity contribution in [1.29, 1.82) is 5.41 Å². The van der Waals surface area contributed by atoms with Crippen LogP contribution in [-0.4, -0.2) is 64.6 Å². The first-order chi connectivity index (χ1) is 14.0. The van der Waals surface area contributed by atoms with Crippen molar-refractivity contribution in [2.24, 2.45) is 11.8 Å². The highest BCUT2D eigenvalue weighted by Crippen LogP contribution is 2.39. The van der Waals surface area contributed by atoms with Crippen molar-refractivity contribution in [1.82, 2.24) is 15.1 Å². The summed E-state index contributed by atoms with van der Waals surface area (Å²) in [4.78, 5) is 17.2. The van der Waals surface area contributed by atoms with Gasteiger partial charge in [-0.25, -0.2) is 0 Å². The highest BCUT2D eigenvalue weighted by atomic mass is 16.3. The molecule has 2 saturated carbocycles. The number of aliphatic hydroxyl groups is 1. The van der Waals surface area contributed by atoms with Crippen molar-refractivity contribution >= 4 is 11.9 Å². The minimum atomic E-state index is -0.569. The van der Waals surface area contributed by atoms with E-state index in [1.807, 2.05) is 0 Å². The number of β-amino-alcohol motifs (C(OH)–C–C–N with tert-alkyl or cyclic N) is 1. The molecule has 4 rings (SSSR count). The van der Waals surface area contributed by atoms with Crippen molar-refractivity contribution in [3.63, 3.8) is 0 Å². The highest BCUT2D eigenvalue weighted by Gasteiger charge is 2.49. The minimum absolute atomic E-state index is 0.108. The predicted molar refractivity (Wildman–Crippen MR) is 115 cm³/mol. The van der Waals surface area contributed by atoms with Crippen LogP contribution in [0.3, 0.4) is 0 Å². The second-order valence-corrected chi connectivity index (χ2v) is 10.3. The molecule has 0 spiro atoms. The van der Waals surface area contributed by atoms with Gasteiger partial charge < -0.3 is 10.4 Å². The number of guanidine groups is 1. The Bertz CT molecular complexity index is 606. The van der Waals surface area contributed by atoms with Crippen LogP contribution in [0, 0.1) is 17.2 Å². The number of hydrogen-bond donors (Lipinski definition) is 3. The van der Waals surface area contributed by atoms with Gasteiger partial charge in [-0.3, -0.25) is 20.0 Å². The van der Waals surface area contributed by atoms with Crippen LogP contribution in [0.5, 0.6) is 0 Å². The Balaban J connectivity index is 1.42. The minimum Gasteiger partial charge on any atom is -0.392 e. The Hall–Kier alpha value is -1.14. The van der Waals surface area contributed by atoms with E-state index in [2.05, 4.69) is 10.2 Å². The molecule has 2 saturated heterocycles. The van der Waals surface area contributed by atoms with Crippen LogP contribution in [0.4, 0.5) is 0 Å². The number of likely N-dealkylation sites (N-methyl/N-ethyl adjacent to an activating group) is 1. The summed E-state index contributed by atoms with van der Waals surface area (Å²) in [5.74, 6) is 1.65. The number of rotatable bonds is 6. The first kappa shape index (κ1) is 21.1. The van der Waals surface area contributed by atoms with E-state index in [4.69, 9.17) is 5.41 Å². The number of carbonyl (C=O) groups is 1. The van der Waals surface area contributed by atoms with Gasteiger partial charge in [-0.2, -0.15) is 0 Å². The molecular weight excluding hydrogens is 364 g/mol. The molecule has 4 fully saturated rings. The van der Waals surface area contributed by atoms with E-state index in [0.29, 0.717) is 12.0 Å². The zero-order chi connectivity index (χ0) is 20.4. The quantitative estimate of drug-likeness (QED) is 0.636. The van der Waals surface area contributed by atoms with E-state index in [1.165, 1.54) is 56.3 Å². The molecule has 2 heterocycles. The summed E-state index contributed by atoms with van der Waals surface area (Å²) in [5.41, 5.74) is -0.569. The molecule has 0 aromatic carbocycles. The van der Waals surface area contributed by atoms with Crippen molar-refractivity contribution in [2.75, 3.05) is 20.1 Å². The van der Waals surface area contributed by atoms with E-state index in [-0.39, 0.29) is 18.0 Å². The van der Waals surface area contributed by atoms with Crippen LogP contribution in [0.15, 0.2) is 0 Å². The normalized spacial score (nSPS) is 37.3. The molecule has 4 atom stereocenters. The zero-order valence-corrected chi connectivity index (χ0v) is 18.2. The molecule has 4 aliphatic rings. The summed E-state index contributed by atoms with van der Waals surface area (Å²) >= 11 is 0. The SMILES string of the molecule is CN1C(=N)N[C@](CCC2CCCCC2)(CC2CCC[C@@H](N3CC[C@@H](O)C3)C2)C1=O. The molecule has 0 aromatic rings. The van der Waals surface area contributed by atoms with Gasteiger partial charge >= 0.3 is 0 Å². The Morgan fingerprint density at radius 1 is 1.10 bits per heavy atom. The van der Waals surface area contributed by atoms with Gasteiger partial charge in [0.05, 0.1) is 6.10 Å². The van der Waals surface area contributed by atoms with Gasteiger partial charge in [0.25, 0.3) is 5.91 Å². The fourth-order valence-corrected chi connectivity index (χ4v) is 6.49. The van der Waals surface area contributed by atoms with Crippen LogP contribution >= 0.6 is 0 Å². The third-order valence-corrected chi connectivity index (χ3v) is 8.21. The summed E-state index contributed by atoms with van der Waals surface area (Å²) in [7, 11) is 1.75. The van der Waals surface area contributed by atoms with Gasteiger partial charge in [0.1, 0.15) is 5.54 Å². The van der Waals surface area contributed by atoms with Crippen molar-refractivity contribution < 1.29 is 9.90 Å². The van der Waals surface area contributed by atoms with Gasteiger partial charge in [-0.15, -0.1) is 0 Å². The predicted octanol–water partition coefficient (Wildman–Crippen LogP) is 3.10.